The second kappa shape index (κ2) is 7.95. The summed E-state index contributed by atoms with van der Waals surface area (Å²) in [5.41, 5.74) is 2.15. The van der Waals surface area contributed by atoms with Crippen molar-refractivity contribution in [1.29, 1.82) is 0 Å². The number of unbranched alkanes of at least 4 members (excludes halogenated alkanes) is 1. The summed E-state index contributed by atoms with van der Waals surface area (Å²) < 4.78 is 8.82. The normalized spacial score (nSPS) is 12.9. The van der Waals surface area contributed by atoms with Gasteiger partial charge in [0.2, 0.25) is 0 Å². The van der Waals surface area contributed by atoms with Gasteiger partial charge in [-0.1, -0.05) is 33.1 Å². The lowest BCUT2D eigenvalue weighted by atomic mass is 10.0. The molecule has 3 nitrogen and oxygen atoms in total. The molecule has 0 bridgehead atoms. The zero-order valence-corrected chi connectivity index (χ0v) is 13.6. The van der Waals surface area contributed by atoms with Gasteiger partial charge in [0.15, 0.2) is 0 Å². The van der Waals surface area contributed by atoms with Gasteiger partial charge in [-0.2, -0.15) is 5.10 Å². The van der Waals surface area contributed by atoms with Gasteiger partial charge in [-0.15, -0.1) is 0 Å². The first-order chi connectivity index (χ1) is 8.60. The van der Waals surface area contributed by atoms with Crippen molar-refractivity contribution >= 4 is 15.9 Å². The minimum atomic E-state index is 0.639. The van der Waals surface area contributed by atoms with Gasteiger partial charge < -0.3 is 4.74 Å². The first kappa shape index (κ1) is 15.7. The summed E-state index contributed by atoms with van der Waals surface area (Å²) in [5.74, 6) is 0.693. The Morgan fingerprint density at radius 3 is 2.61 bits per heavy atom. The van der Waals surface area contributed by atoms with Crippen molar-refractivity contribution in [3.63, 3.8) is 0 Å². The SMILES string of the molecule is CCCCC(CC)COCc1c(Br)c(C)nn1C. The van der Waals surface area contributed by atoms with Gasteiger partial charge in [0, 0.05) is 13.7 Å². The minimum absolute atomic E-state index is 0.639. The first-order valence-corrected chi connectivity index (χ1v) is 7.65. The van der Waals surface area contributed by atoms with Crippen LogP contribution in [0.25, 0.3) is 0 Å². The number of halogens is 1. The molecule has 0 aliphatic heterocycles. The molecule has 4 heteroatoms. The molecule has 0 radical (unpaired) electrons. The summed E-state index contributed by atoms with van der Waals surface area (Å²) in [4.78, 5) is 0. The van der Waals surface area contributed by atoms with Crippen LogP contribution < -0.4 is 0 Å². The number of ether oxygens (including phenoxy) is 1. The van der Waals surface area contributed by atoms with Crippen LogP contribution in [0.2, 0.25) is 0 Å². The number of rotatable bonds is 8. The summed E-state index contributed by atoms with van der Waals surface area (Å²) >= 11 is 3.56. The van der Waals surface area contributed by atoms with E-state index in [0.717, 1.165) is 22.5 Å². The van der Waals surface area contributed by atoms with Gasteiger partial charge in [0.25, 0.3) is 0 Å². The highest BCUT2D eigenvalue weighted by molar-refractivity contribution is 9.10. The second-order valence-electron chi connectivity index (χ2n) is 4.90. The number of aryl methyl sites for hydroxylation is 2. The zero-order chi connectivity index (χ0) is 13.5. The predicted octanol–water partition coefficient (Wildman–Crippen LogP) is 4.22. The zero-order valence-electron chi connectivity index (χ0n) is 12.0. The summed E-state index contributed by atoms with van der Waals surface area (Å²) in [6, 6.07) is 0. The first-order valence-electron chi connectivity index (χ1n) is 6.85. The van der Waals surface area contributed by atoms with Crippen LogP contribution in [0.3, 0.4) is 0 Å². The lowest BCUT2D eigenvalue weighted by Crippen LogP contribution is -2.10. The molecule has 1 atom stereocenters. The average molecular weight is 317 g/mol. The van der Waals surface area contributed by atoms with E-state index in [1.165, 1.54) is 25.7 Å². The third kappa shape index (κ3) is 4.39. The molecule has 0 amide bonds. The average Bonchev–Trinajstić information content (AvgIpc) is 2.59. The molecule has 1 heterocycles. The molecule has 1 rings (SSSR count). The molecule has 0 N–H and O–H groups in total. The molecule has 1 aromatic heterocycles. The largest absolute Gasteiger partial charge is 0.375 e. The van der Waals surface area contributed by atoms with Crippen molar-refractivity contribution in [3.8, 4) is 0 Å². The molecule has 1 unspecified atom stereocenters. The number of hydrogen-bond acceptors (Lipinski definition) is 2. The number of aromatic nitrogens is 2. The molecular weight excluding hydrogens is 292 g/mol. The van der Waals surface area contributed by atoms with Crippen LogP contribution in [-0.2, 0) is 18.4 Å². The van der Waals surface area contributed by atoms with Crippen molar-refractivity contribution in [2.24, 2.45) is 13.0 Å². The maximum atomic E-state index is 5.85. The number of nitrogens with zero attached hydrogens (tertiary/aromatic N) is 2. The lowest BCUT2D eigenvalue weighted by Gasteiger charge is -2.14. The van der Waals surface area contributed by atoms with Gasteiger partial charge in [-0.25, -0.2) is 0 Å². The molecule has 1 aromatic rings. The van der Waals surface area contributed by atoms with E-state index in [1.54, 1.807) is 0 Å². The van der Waals surface area contributed by atoms with Crippen molar-refractivity contribution in [2.45, 2.75) is 53.1 Å². The van der Waals surface area contributed by atoms with E-state index in [9.17, 15) is 0 Å². The Morgan fingerprint density at radius 1 is 1.39 bits per heavy atom. The van der Waals surface area contributed by atoms with E-state index in [4.69, 9.17) is 4.74 Å². The van der Waals surface area contributed by atoms with Gasteiger partial charge in [0.05, 0.1) is 22.5 Å². The third-order valence-corrected chi connectivity index (χ3v) is 4.43. The highest BCUT2D eigenvalue weighted by Crippen LogP contribution is 2.21. The Balaban J connectivity index is 2.40. The molecule has 0 saturated heterocycles. The highest BCUT2D eigenvalue weighted by Gasteiger charge is 2.12. The van der Waals surface area contributed by atoms with E-state index in [-0.39, 0.29) is 0 Å². The fourth-order valence-electron chi connectivity index (χ4n) is 2.06. The Labute approximate surface area is 119 Å². The second-order valence-corrected chi connectivity index (χ2v) is 5.69. The van der Waals surface area contributed by atoms with E-state index in [1.807, 2.05) is 18.7 Å². The lowest BCUT2D eigenvalue weighted by molar-refractivity contribution is 0.0777. The van der Waals surface area contributed by atoms with E-state index >= 15 is 0 Å². The molecular formula is C14H25BrN2O. The molecule has 0 aromatic carbocycles. The maximum Gasteiger partial charge on any atom is 0.0896 e. The van der Waals surface area contributed by atoms with Gasteiger partial charge in [0.1, 0.15) is 0 Å². The van der Waals surface area contributed by atoms with Crippen molar-refractivity contribution in [1.82, 2.24) is 9.78 Å². The maximum absolute atomic E-state index is 5.85. The highest BCUT2D eigenvalue weighted by atomic mass is 79.9. The third-order valence-electron chi connectivity index (χ3n) is 3.40. The minimum Gasteiger partial charge on any atom is -0.375 e. The Bertz CT molecular complexity index is 363. The molecule has 18 heavy (non-hydrogen) atoms. The molecule has 0 fully saturated rings. The Morgan fingerprint density at radius 2 is 2.11 bits per heavy atom. The number of hydrogen-bond donors (Lipinski definition) is 0. The van der Waals surface area contributed by atoms with Crippen LogP contribution in [-0.4, -0.2) is 16.4 Å². The van der Waals surface area contributed by atoms with Crippen LogP contribution in [0.4, 0.5) is 0 Å². The standard InChI is InChI=1S/C14H25BrN2O/c1-5-7-8-12(6-2)9-18-10-13-14(15)11(3)16-17(13)4/h12H,5-10H2,1-4H3. The van der Waals surface area contributed by atoms with Crippen LogP contribution >= 0.6 is 15.9 Å². The van der Waals surface area contributed by atoms with E-state index in [0.29, 0.717) is 12.5 Å². The van der Waals surface area contributed by atoms with Crippen molar-refractivity contribution in [2.75, 3.05) is 6.61 Å². The summed E-state index contributed by atoms with van der Waals surface area (Å²) in [5, 5.41) is 4.37. The van der Waals surface area contributed by atoms with E-state index in [2.05, 4.69) is 34.9 Å². The summed E-state index contributed by atoms with van der Waals surface area (Å²) in [6.07, 6.45) is 5.05. The fourth-order valence-corrected chi connectivity index (χ4v) is 2.51. The fraction of sp³-hybridized carbons (Fsp3) is 0.786. The van der Waals surface area contributed by atoms with Gasteiger partial charge in [-0.3, -0.25) is 4.68 Å². The van der Waals surface area contributed by atoms with Gasteiger partial charge in [-0.05, 0) is 35.2 Å². The molecule has 0 saturated carbocycles. The van der Waals surface area contributed by atoms with Crippen molar-refractivity contribution < 1.29 is 4.74 Å². The Hall–Kier alpha value is -0.350. The van der Waals surface area contributed by atoms with E-state index < -0.39 is 0 Å². The van der Waals surface area contributed by atoms with Gasteiger partial charge >= 0.3 is 0 Å². The smallest absolute Gasteiger partial charge is 0.0896 e. The topological polar surface area (TPSA) is 27.1 Å². The molecule has 0 aliphatic rings. The van der Waals surface area contributed by atoms with Crippen LogP contribution in [0, 0.1) is 12.8 Å². The van der Waals surface area contributed by atoms with Crippen LogP contribution in [0.15, 0.2) is 4.47 Å². The summed E-state index contributed by atoms with van der Waals surface area (Å²) in [7, 11) is 1.96. The molecule has 0 spiro atoms. The summed E-state index contributed by atoms with van der Waals surface area (Å²) in [6.45, 7) is 7.98. The van der Waals surface area contributed by atoms with Crippen LogP contribution in [0.1, 0.15) is 50.9 Å². The van der Waals surface area contributed by atoms with Crippen molar-refractivity contribution in [3.05, 3.63) is 15.9 Å². The monoisotopic (exact) mass is 316 g/mol. The Kier molecular flexibility index (Phi) is 6.94. The quantitative estimate of drug-likeness (QED) is 0.717. The predicted molar refractivity (Wildman–Crippen MR) is 78.6 cm³/mol. The van der Waals surface area contributed by atoms with Crippen LogP contribution in [0.5, 0.6) is 0 Å². The molecule has 0 aliphatic carbocycles. The molecule has 104 valence electrons.